The van der Waals surface area contributed by atoms with Gasteiger partial charge in [0.15, 0.2) is 23.3 Å². The Balaban J connectivity index is 1.43. The summed E-state index contributed by atoms with van der Waals surface area (Å²) in [7, 11) is 0. The van der Waals surface area contributed by atoms with Crippen molar-refractivity contribution in [2.75, 3.05) is 0 Å². The van der Waals surface area contributed by atoms with Gasteiger partial charge in [-0.1, -0.05) is 24.3 Å². The monoisotopic (exact) mass is 482 g/mol. The Hall–Kier alpha value is -2.36. The summed E-state index contributed by atoms with van der Waals surface area (Å²) in [5.74, 6) is -2.91. The van der Waals surface area contributed by atoms with Gasteiger partial charge in [-0.3, -0.25) is 0 Å². The van der Waals surface area contributed by atoms with Crippen LogP contribution in [0.15, 0.2) is 37.4 Å². The van der Waals surface area contributed by atoms with Crippen LogP contribution in [0.5, 0.6) is 0 Å². The first-order chi connectivity index (χ1) is 16.9. The van der Waals surface area contributed by atoms with Gasteiger partial charge in [-0.2, -0.15) is 0 Å². The van der Waals surface area contributed by atoms with Gasteiger partial charge in [-0.25, -0.2) is 17.6 Å². The largest absolute Gasteiger partial charge is 0.203 e. The lowest BCUT2D eigenvalue weighted by molar-refractivity contribution is 0.306. The van der Waals surface area contributed by atoms with Gasteiger partial charge < -0.3 is 0 Å². The molecular weight excluding hydrogens is 448 g/mol. The van der Waals surface area contributed by atoms with E-state index < -0.39 is 23.3 Å². The molecule has 0 saturated heterocycles. The highest BCUT2D eigenvalue weighted by molar-refractivity contribution is 5.79. The molecule has 35 heavy (non-hydrogen) atoms. The molecule has 2 aromatic carbocycles. The first-order valence-electron chi connectivity index (χ1n) is 13.2. The zero-order chi connectivity index (χ0) is 24.7. The van der Waals surface area contributed by atoms with E-state index in [4.69, 9.17) is 0 Å². The zero-order valence-corrected chi connectivity index (χ0v) is 20.3. The molecule has 0 aliphatic heterocycles. The van der Waals surface area contributed by atoms with Crippen LogP contribution in [0.1, 0.15) is 98.3 Å². The molecule has 0 atom stereocenters. The van der Waals surface area contributed by atoms with Gasteiger partial charge in [0.1, 0.15) is 0 Å². The maximum absolute atomic E-state index is 15.4. The summed E-state index contributed by atoms with van der Waals surface area (Å²) >= 11 is 0. The SMILES string of the molecule is C=CCCC1CCC(c2cc3c(c(F)c2F)-c2c(cc(C4CCC(C=C)CC4)c(F)c2F)C3)CC1. The number of hydrogen-bond acceptors (Lipinski definition) is 0. The van der Waals surface area contributed by atoms with Crippen LogP contribution in [-0.2, 0) is 6.42 Å². The molecule has 4 heteroatoms. The lowest BCUT2D eigenvalue weighted by atomic mass is 9.76. The van der Waals surface area contributed by atoms with E-state index >= 15 is 17.6 Å². The Morgan fingerprint density at radius 2 is 1.17 bits per heavy atom. The third kappa shape index (κ3) is 4.38. The van der Waals surface area contributed by atoms with E-state index in [9.17, 15) is 0 Å². The Morgan fingerprint density at radius 1 is 0.686 bits per heavy atom. The first kappa shape index (κ1) is 24.3. The van der Waals surface area contributed by atoms with Gasteiger partial charge >= 0.3 is 0 Å². The number of fused-ring (bicyclic) bond motifs is 3. The Labute approximate surface area is 206 Å². The zero-order valence-electron chi connectivity index (χ0n) is 20.3. The van der Waals surface area contributed by atoms with E-state index in [2.05, 4.69) is 13.2 Å². The molecule has 0 radical (unpaired) electrons. The van der Waals surface area contributed by atoms with Crippen LogP contribution in [0.25, 0.3) is 11.1 Å². The quantitative estimate of drug-likeness (QED) is 0.242. The van der Waals surface area contributed by atoms with Crippen molar-refractivity contribution in [2.24, 2.45) is 11.8 Å². The molecule has 0 nitrogen and oxygen atoms in total. The molecular formula is C31H34F4. The number of rotatable bonds is 6. The minimum Gasteiger partial charge on any atom is -0.203 e. The third-order valence-electron chi connectivity index (χ3n) is 8.87. The smallest absolute Gasteiger partial charge is 0.167 e. The second-order valence-electron chi connectivity index (χ2n) is 10.9. The fourth-order valence-corrected chi connectivity index (χ4v) is 6.80. The number of allylic oxidation sites excluding steroid dienone is 2. The summed E-state index contributed by atoms with van der Waals surface area (Å²) in [6, 6.07) is 3.45. The summed E-state index contributed by atoms with van der Waals surface area (Å²) < 4.78 is 61.3. The van der Waals surface area contributed by atoms with Gasteiger partial charge in [-0.05, 0) is 117 Å². The van der Waals surface area contributed by atoms with Gasteiger partial charge in [0.2, 0.25) is 0 Å². The van der Waals surface area contributed by atoms with E-state index in [1.165, 1.54) is 0 Å². The van der Waals surface area contributed by atoms with Crippen molar-refractivity contribution in [3.63, 3.8) is 0 Å². The van der Waals surface area contributed by atoms with Crippen LogP contribution in [0.3, 0.4) is 0 Å². The summed E-state index contributed by atoms with van der Waals surface area (Å²) in [6.45, 7) is 7.64. The normalized spacial score (nSPS) is 25.7. The molecule has 0 heterocycles. The average molecular weight is 483 g/mol. The first-order valence-corrected chi connectivity index (χ1v) is 13.2. The highest BCUT2D eigenvalue weighted by Crippen LogP contribution is 2.48. The fourth-order valence-electron chi connectivity index (χ4n) is 6.80. The molecule has 3 aliphatic carbocycles. The summed E-state index contributed by atoms with van der Waals surface area (Å²) in [6.07, 6.45) is 13.3. The number of benzene rings is 2. The maximum atomic E-state index is 15.4. The third-order valence-corrected chi connectivity index (χ3v) is 8.87. The second-order valence-corrected chi connectivity index (χ2v) is 10.9. The predicted molar refractivity (Wildman–Crippen MR) is 134 cm³/mol. The fraction of sp³-hybridized carbons (Fsp3) is 0.484. The molecule has 186 valence electrons. The van der Waals surface area contributed by atoms with Gasteiger partial charge in [0.25, 0.3) is 0 Å². The van der Waals surface area contributed by atoms with Crippen LogP contribution in [0, 0.1) is 35.1 Å². The van der Waals surface area contributed by atoms with Gasteiger partial charge in [-0.15, -0.1) is 13.2 Å². The molecule has 2 saturated carbocycles. The lowest BCUT2D eigenvalue weighted by Gasteiger charge is -2.29. The Bertz CT molecular complexity index is 1130. The van der Waals surface area contributed by atoms with Crippen molar-refractivity contribution >= 4 is 0 Å². The molecule has 0 spiro atoms. The van der Waals surface area contributed by atoms with Crippen molar-refractivity contribution in [3.05, 3.63) is 83.0 Å². The molecule has 0 unspecified atom stereocenters. The van der Waals surface area contributed by atoms with Crippen LogP contribution in [0.2, 0.25) is 0 Å². The van der Waals surface area contributed by atoms with Crippen LogP contribution >= 0.6 is 0 Å². The highest BCUT2D eigenvalue weighted by atomic mass is 19.2. The van der Waals surface area contributed by atoms with Crippen molar-refractivity contribution in [1.29, 1.82) is 0 Å². The van der Waals surface area contributed by atoms with Crippen molar-refractivity contribution in [1.82, 2.24) is 0 Å². The van der Waals surface area contributed by atoms with Crippen molar-refractivity contribution in [2.45, 2.75) is 82.5 Å². The molecule has 0 N–H and O–H groups in total. The summed E-state index contributed by atoms with van der Waals surface area (Å²) in [4.78, 5) is 0. The standard InChI is InChI=1S/C31H34F4/c1-3-5-6-19-9-13-21(14-10-19)25-17-23-15-22-16-24(20-11-7-18(4-2)8-12-20)28(32)30(34)26(22)27(23)31(35)29(25)33/h3-4,16-21H,1-2,5-15H2. The minimum atomic E-state index is -1.03. The van der Waals surface area contributed by atoms with Crippen molar-refractivity contribution < 1.29 is 17.6 Å². The highest BCUT2D eigenvalue weighted by Gasteiger charge is 2.35. The average Bonchev–Trinajstić information content (AvgIpc) is 3.26. The molecule has 0 amide bonds. The topological polar surface area (TPSA) is 0 Å². The molecule has 2 aromatic rings. The number of hydrogen-bond donors (Lipinski definition) is 0. The summed E-state index contributed by atoms with van der Waals surface area (Å²) in [5.41, 5.74) is 1.77. The van der Waals surface area contributed by atoms with E-state index in [0.717, 1.165) is 64.2 Å². The maximum Gasteiger partial charge on any atom is 0.167 e. The Kier molecular flexibility index (Phi) is 6.92. The van der Waals surface area contributed by atoms with Crippen LogP contribution in [-0.4, -0.2) is 0 Å². The predicted octanol–water partition coefficient (Wildman–Crippen LogP) is 9.51. The molecule has 0 bridgehead atoms. The molecule has 2 fully saturated rings. The molecule has 0 aromatic heterocycles. The van der Waals surface area contributed by atoms with Crippen molar-refractivity contribution in [3.8, 4) is 11.1 Å². The Morgan fingerprint density at radius 3 is 1.63 bits per heavy atom. The van der Waals surface area contributed by atoms with Gasteiger partial charge in [0, 0.05) is 11.1 Å². The van der Waals surface area contributed by atoms with Gasteiger partial charge in [0.05, 0.1) is 0 Å². The van der Waals surface area contributed by atoms with Crippen LogP contribution < -0.4 is 0 Å². The van der Waals surface area contributed by atoms with E-state index in [-0.39, 0.29) is 23.0 Å². The number of halogens is 4. The van der Waals surface area contributed by atoms with E-state index in [1.54, 1.807) is 12.1 Å². The van der Waals surface area contributed by atoms with E-state index in [0.29, 0.717) is 40.5 Å². The van der Waals surface area contributed by atoms with E-state index in [1.807, 2.05) is 12.2 Å². The lowest BCUT2D eigenvalue weighted by Crippen LogP contribution is -2.15. The molecule has 3 aliphatic rings. The molecule has 5 rings (SSSR count). The summed E-state index contributed by atoms with van der Waals surface area (Å²) in [5, 5.41) is 0. The minimum absolute atomic E-state index is 0.0318. The second kappa shape index (κ2) is 9.95. The van der Waals surface area contributed by atoms with Crippen LogP contribution in [0.4, 0.5) is 17.6 Å².